The molecule has 1 unspecified atom stereocenters. The third kappa shape index (κ3) is 5.26. The molecule has 2 aromatic carbocycles. The Bertz CT molecular complexity index is 1530. The van der Waals surface area contributed by atoms with E-state index < -0.39 is 0 Å². The fourth-order valence-corrected chi connectivity index (χ4v) is 5.76. The van der Waals surface area contributed by atoms with E-state index in [9.17, 15) is 4.79 Å². The molecule has 1 saturated heterocycles. The second-order valence-electron chi connectivity index (χ2n) is 9.41. The molecule has 1 fully saturated rings. The van der Waals surface area contributed by atoms with Crippen LogP contribution in [0.2, 0.25) is 0 Å². The van der Waals surface area contributed by atoms with Gasteiger partial charge in [0.15, 0.2) is 5.65 Å². The van der Waals surface area contributed by atoms with Gasteiger partial charge < -0.3 is 19.2 Å². The van der Waals surface area contributed by atoms with Crippen molar-refractivity contribution in [2.45, 2.75) is 32.0 Å². The number of furan rings is 1. The number of fused-ring (bicyclic) bond motifs is 2. The number of aromatic nitrogens is 2. The molecular formula is C29H28N4O4S. The number of carbonyl (C=O) groups is 1. The van der Waals surface area contributed by atoms with Gasteiger partial charge in [-0.2, -0.15) is 4.98 Å². The number of benzene rings is 2. The van der Waals surface area contributed by atoms with Gasteiger partial charge in [0.1, 0.15) is 11.3 Å². The number of nitrogens with one attached hydrogen (secondary N) is 1. The van der Waals surface area contributed by atoms with E-state index in [0.29, 0.717) is 28.2 Å². The average molecular weight is 529 g/mol. The van der Waals surface area contributed by atoms with Gasteiger partial charge in [-0.05, 0) is 61.3 Å². The highest BCUT2D eigenvalue weighted by Gasteiger charge is 2.24. The van der Waals surface area contributed by atoms with Crippen molar-refractivity contribution < 1.29 is 18.7 Å². The Morgan fingerprint density at radius 2 is 2.11 bits per heavy atom. The van der Waals surface area contributed by atoms with Crippen LogP contribution >= 0.6 is 11.3 Å². The summed E-state index contributed by atoms with van der Waals surface area (Å²) < 4.78 is 17.6. The van der Waals surface area contributed by atoms with Crippen LogP contribution < -0.4 is 10.1 Å². The largest absolute Gasteiger partial charge is 0.465 e. The molecule has 9 heteroatoms. The van der Waals surface area contributed by atoms with Crippen molar-refractivity contribution in [2.75, 3.05) is 20.2 Å². The minimum Gasteiger partial charge on any atom is -0.465 e. The van der Waals surface area contributed by atoms with Crippen LogP contribution in [0, 0.1) is 0 Å². The Kier molecular flexibility index (Phi) is 7.04. The van der Waals surface area contributed by atoms with Crippen molar-refractivity contribution in [3.8, 4) is 10.9 Å². The first-order chi connectivity index (χ1) is 18.7. The number of carbonyl (C=O) groups excluding carboxylic acids is 1. The van der Waals surface area contributed by atoms with Crippen LogP contribution in [0.4, 0.5) is 0 Å². The molecule has 1 aliphatic heterocycles. The number of methoxy groups -OCH3 is 1. The van der Waals surface area contributed by atoms with E-state index in [1.165, 1.54) is 36.9 Å². The van der Waals surface area contributed by atoms with Crippen LogP contribution in [0.15, 0.2) is 71.5 Å². The number of pyridine rings is 1. The van der Waals surface area contributed by atoms with Crippen LogP contribution in [0.1, 0.15) is 34.3 Å². The lowest BCUT2D eigenvalue weighted by atomic mass is 10.1. The molecule has 0 bridgehead atoms. The van der Waals surface area contributed by atoms with E-state index in [1.807, 2.05) is 60.9 Å². The molecule has 1 atom stereocenters. The maximum atomic E-state index is 11.7. The normalized spacial score (nSPS) is 15.9. The number of hydrogen-bond acceptors (Lipinski definition) is 9. The second kappa shape index (κ2) is 10.9. The topological polar surface area (TPSA) is 89.7 Å². The first-order valence-corrected chi connectivity index (χ1v) is 13.5. The number of rotatable bonds is 9. The highest BCUT2D eigenvalue weighted by atomic mass is 32.1. The van der Waals surface area contributed by atoms with E-state index in [0.717, 1.165) is 47.4 Å². The van der Waals surface area contributed by atoms with E-state index in [1.54, 1.807) is 6.20 Å². The SMILES string of the molecule is COC(=O)c1ccc(CN2CCCC2CNCc2coc3cc(Oc4nc5ncccc5s4)ccc23)cc1. The first kappa shape index (κ1) is 24.5. The quantitative estimate of drug-likeness (QED) is 0.241. The summed E-state index contributed by atoms with van der Waals surface area (Å²) in [4.78, 5) is 22.9. The van der Waals surface area contributed by atoms with Gasteiger partial charge in [0.2, 0.25) is 0 Å². The number of esters is 1. The number of hydrogen-bond donors (Lipinski definition) is 1. The van der Waals surface area contributed by atoms with Crippen LogP contribution in [0.5, 0.6) is 10.9 Å². The zero-order valence-electron chi connectivity index (χ0n) is 21.1. The van der Waals surface area contributed by atoms with E-state index in [4.69, 9.17) is 13.9 Å². The molecule has 1 aliphatic rings. The summed E-state index contributed by atoms with van der Waals surface area (Å²) in [6.07, 6.45) is 5.90. The molecular weight excluding hydrogens is 500 g/mol. The standard InChI is InChI=1S/C29H28N4O4S/c1-35-28(34)20-8-6-19(7-9-20)17-33-13-3-4-22(33)16-30-15-21-18-36-25-14-23(10-11-24(21)25)37-29-32-27-26(38-29)5-2-12-31-27/h2,5-12,14,18,22,30H,3-4,13,15-17H2,1H3. The molecule has 5 aromatic rings. The molecule has 4 heterocycles. The summed E-state index contributed by atoms with van der Waals surface area (Å²) in [6.45, 7) is 3.58. The Hall–Kier alpha value is -3.79. The summed E-state index contributed by atoms with van der Waals surface area (Å²) in [5.74, 6) is 0.382. The van der Waals surface area contributed by atoms with Crippen LogP contribution in [0.25, 0.3) is 21.3 Å². The predicted molar refractivity (Wildman–Crippen MR) is 147 cm³/mol. The number of thiazole rings is 1. The van der Waals surface area contributed by atoms with Crippen molar-refractivity contribution in [2.24, 2.45) is 0 Å². The molecule has 3 aromatic heterocycles. The molecule has 0 saturated carbocycles. The van der Waals surface area contributed by atoms with Crippen LogP contribution in [0.3, 0.4) is 0 Å². The molecule has 0 spiro atoms. The molecule has 0 aliphatic carbocycles. The Morgan fingerprint density at radius 3 is 2.95 bits per heavy atom. The summed E-state index contributed by atoms with van der Waals surface area (Å²) in [7, 11) is 1.40. The number of ether oxygens (including phenoxy) is 2. The van der Waals surface area contributed by atoms with Gasteiger partial charge in [-0.15, -0.1) is 0 Å². The van der Waals surface area contributed by atoms with E-state index in [2.05, 4.69) is 20.2 Å². The maximum absolute atomic E-state index is 11.7. The maximum Gasteiger partial charge on any atom is 0.337 e. The molecule has 38 heavy (non-hydrogen) atoms. The van der Waals surface area contributed by atoms with Gasteiger partial charge in [-0.3, -0.25) is 4.90 Å². The average Bonchev–Trinajstić information content (AvgIpc) is 3.67. The summed E-state index contributed by atoms with van der Waals surface area (Å²) >= 11 is 1.47. The van der Waals surface area contributed by atoms with Crippen LogP contribution in [-0.2, 0) is 17.8 Å². The third-order valence-corrected chi connectivity index (χ3v) is 7.82. The minimum absolute atomic E-state index is 0.305. The molecule has 194 valence electrons. The van der Waals surface area contributed by atoms with Gasteiger partial charge in [0.25, 0.3) is 5.19 Å². The Balaban J connectivity index is 1.04. The third-order valence-electron chi connectivity index (χ3n) is 6.93. The van der Waals surface area contributed by atoms with Crippen molar-refractivity contribution >= 4 is 38.6 Å². The molecule has 8 nitrogen and oxygen atoms in total. The Morgan fingerprint density at radius 1 is 1.21 bits per heavy atom. The molecule has 6 rings (SSSR count). The Labute approximate surface area is 224 Å². The lowest BCUT2D eigenvalue weighted by Crippen LogP contribution is -2.37. The van der Waals surface area contributed by atoms with E-state index >= 15 is 0 Å². The highest BCUT2D eigenvalue weighted by molar-refractivity contribution is 7.20. The number of likely N-dealkylation sites (tertiary alicyclic amines) is 1. The summed E-state index contributed by atoms with van der Waals surface area (Å²) in [5, 5.41) is 5.27. The van der Waals surface area contributed by atoms with Gasteiger partial charge in [0.05, 0.1) is 23.6 Å². The van der Waals surface area contributed by atoms with Gasteiger partial charge in [0, 0.05) is 48.9 Å². The molecule has 1 N–H and O–H groups in total. The summed E-state index contributed by atoms with van der Waals surface area (Å²) in [6, 6.07) is 17.9. The second-order valence-corrected chi connectivity index (χ2v) is 10.4. The van der Waals surface area contributed by atoms with Crippen molar-refractivity contribution in [3.05, 3.63) is 83.7 Å². The monoisotopic (exact) mass is 528 g/mol. The van der Waals surface area contributed by atoms with Crippen molar-refractivity contribution in [1.29, 1.82) is 0 Å². The fourth-order valence-electron chi connectivity index (χ4n) is 4.96. The molecule has 0 radical (unpaired) electrons. The van der Waals surface area contributed by atoms with Crippen molar-refractivity contribution in [1.82, 2.24) is 20.2 Å². The van der Waals surface area contributed by atoms with Gasteiger partial charge >= 0.3 is 5.97 Å². The first-order valence-electron chi connectivity index (χ1n) is 12.7. The lowest BCUT2D eigenvalue weighted by Gasteiger charge is -2.25. The van der Waals surface area contributed by atoms with E-state index in [-0.39, 0.29) is 5.97 Å². The van der Waals surface area contributed by atoms with Crippen LogP contribution in [-0.4, -0.2) is 47.1 Å². The van der Waals surface area contributed by atoms with Gasteiger partial charge in [-0.25, -0.2) is 9.78 Å². The number of nitrogens with zero attached hydrogens (tertiary/aromatic N) is 3. The lowest BCUT2D eigenvalue weighted by molar-refractivity contribution is 0.0600. The smallest absolute Gasteiger partial charge is 0.337 e. The summed E-state index contributed by atoms with van der Waals surface area (Å²) in [5.41, 5.74) is 4.38. The molecule has 0 amide bonds. The fraction of sp³-hybridized carbons (Fsp3) is 0.276. The predicted octanol–water partition coefficient (Wildman–Crippen LogP) is 5.77. The van der Waals surface area contributed by atoms with Crippen molar-refractivity contribution in [3.63, 3.8) is 0 Å². The highest BCUT2D eigenvalue weighted by Crippen LogP contribution is 2.32. The zero-order valence-corrected chi connectivity index (χ0v) is 21.9. The zero-order chi connectivity index (χ0) is 25.9. The minimum atomic E-state index is -0.305. The van der Waals surface area contributed by atoms with Gasteiger partial charge in [-0.1, -0.05) is 23.5 Å².